The molecule has 2 amide bonds. The van der Waals surface area contributed by atoms with Crippen LogP contribution in [0.4, 0.5) is 25.1 Å². The molecular formula is C21H18ClF2N5O. The van der Waals surface area contributed by atoms with Gasteiger partial charge in [0.2, 0.25) is 0 Å². The maximum absolute atomic E-state index is 13.9. The van der Waals surface area contributed by atoms with Crippen LogP contribution >= 0.6 is 11.6 Å². The Morgan fingerprint density at radius 3 is 2.30 bits per heavy atom. The van der Waals surface area contributed by atoms with Crippen molar-refractivity contribution in [2.24, 2.45) is 0 Å². The van der Waals surface area contributed by atoms with Gasteiger partial charge in [-0.05, 0) is 48.5 Å². The number of rotatable bonds is 3. The first-order valence-corrected chi connectivity index (χ1v) is 9.73. The smallest absolute Gasteiger partial charge is 0.322 e. The second kappa shape index (κ2) is 8.62. The summed E-state index contributed by atoms with van der Waals surface area (Å²) in [5.74, 6) is -0.188. The Morgan fingerprint density at radius 1 is 0.933 bits per heavy atom. The first-order chi connectivity index (χ1) is 14.5. The summed E-state index contributed by atoms with van der Waals surface area (Å²) in [6.07, 6.45) is 0. The number of para-hydroxylation sites is 1. The van der Waals surface area contributed by atoms with Crippen LogP contribution in [-0.2, 0) is 0 Å². The fourth-order valence-electron chi connectivity index (χ4n) is 3.21. The van der Waals surface area contributed by atoms with Crippen molar-refractivity contribution < 1.29 is 13.6 Å². The number of carbonyl (C=O) groups is 1. The monoisotopic (exact) mass is 429 g/mol. The number of benzene rings is 2. The van der Waals surface area contributed by atoms with Gasteiger partial charge in [0, 0.05) is 31.7 Å². The summed E-state index contributed by atoms with van der Waals surface area (Å²) < 4.78 is 26.9. The molecule has 9 heteroatoms. The van der Waals surface area contributed by atoms with Crippen molar-refractivity contribution >= 4 is 29.1 Å². The predicted octanol–water partition coefficient (Wildman–Crippen LogP) is 4.43. The van der Waals surface area contributed by atoms with E-state index in [0.29, 0.717) is 37.7 Å². The molecule has 4 rings (SSSR count). The Hall–Kier alpha value is -3.26. The number of aromatic nitrogens is 2. The van der Waals surface area contributed by atoms with E-state index in [2.05, 4.69) is 15.5 Å². The van der Waals surface area contributed by atoms with E-state index < -0.39 is 11.8 Å². The third-order valence-electron chi connectivity index (χ3n) is 4.88. The predicted molar refractivity (Wildman–Crippen MR) is 112 cm³/mol. The average molecular weight is 430 g/mol. The van der Waals surface area contributed by atoms with Crippen LogP contribution in [0.25, 0.3) is 11.3 Å². The van der Waals surface area contributed by atoms with Gasteiger partial charge in [-0.2, -0.15) is 0 Å². The molecule has 0 bridgehead atoms. The largest absolute Gasteiger partial charge is 0.352 e. The number of amides is 2. The number of nitrogens with zero attached hydrogens (tertiary/aromatic N) is 4. The van der Waals surface area contributed by atoms with Crippen LogP contribution in [0.1, 0.15) is 0 Å². The summed E-state index contributed by atoms with van der Waals surface area (Å²) in [5, 5.41) is 11.2. The van der Waals surface area contributed by atoms with E-state index in [9.17, 15) is 13.6 Å². The standard InChI is InChI=1S/C21H18ClF2N5O/c22-16-2-1-3-17(24)20(16)25-21(30)29-12-10-28(11-13-29)19-9-8-18(26-27-19)14-4-6-15(23)7-5-14/h1-9H,10-13H2,(H,25,30). The summed E-state index contributed by atoms with van der Waals surface area (Å²) in [7, 11) is 0. The first-order valence-electron chi connectivity index (χ1n) is 9.36. The number of hydrogen-bond donors (Lipinski definition) is 1. The zero-order valence-electron chi connectivity index (χ0n) is 15.9. The minimum atomic E-state index is -0.578. The van der Waals surface area contributed by atoms with Crippen molar-refractivity contribution in [3.8, 4) is 11.3 Å². The minimum Gasteiger partial charge on any atom is -0.352 e. The van der Waals surface area contributed by atoms with Crippen LogP contribution in [0.15, 0.2) is 54.6 Å². The third kappa shape index (κ3) is 4.33. The SMILES string of the molecule is O=C(Nc1c(F)cccc1Cl)N1CCN(c2ccc(-c3ccc(F)cc3)nn2)CC1. The molecule has 1 aromatic heterocycles. The normalized spacial score (nSPS) is 14.0. The first kappa shape index (κ1) is 20.0. The fourth-order valence-corrected chi connectivity index (χ4v) is 3.42. The van der Waals surface area contributed by atoms with Crippen molar-refractivity contribution in [1.82, 2.24) is 15.1 Å². The highest BCUT2D eigenvalue weighted by Crippen LogP contribution is 2.25. The number of hydrogen-bond acceptors (Lipinski definition) is 4. The molecule has 154 valence electrons. The second-order valence-electron chi connectivity index (χ2n) is 6.78. The van der Waals surface area contributed by atoms with E-state index in [1.807, 2.05) is 17.0 Å². The lowest BCUT2D eigenvalue weighted by atomic mass is 10.1. The van der Waals surface area contributed by atoms with Gasteiger partial charge in [-0.15, -0.1) is 10.2 Å². The molecule has 0 atom stereocenters. The van der Waals surface area contributed by atoms with Gasteiger partial charge in [0.1, 0.15) is 11.6 Å². The second-order valence-corrected chi connectivity index (χ2v) is 7.19. The van der Waals surface area contributed by atoms with Crippen LogP contribution in [0, 0.1) is 11.6 Å². The molecule has 0 spiro atoms. The summed E-state index contributed by atoms with van der Waals surface area (Å²) in [4.78, 5) is 16.1. The van der Waals surface area contributed by atoms with Gasteiger partial charge in [-0.3, -0.25) is 0 Å². The number of urea groups is 1. The Labute approximate surface area is 177 Å². The van der Waals surface area contributed by atoms with Gasteiger partial charge in [0.25, 0.3) is 0 Å². The summed E-state index contributed by atoms with van der Waals surface area (Å²) in [6, 6.07) is 13.6. The zero-order valence-corrected chi connectivity index (χ0v) is 16.6. The number of anilines is 2. The molecule has 0 aliphatic carbocycles. The topological polar surface area (TPSA) is 61.4 Å². The summed E-state index contributed by atoms with van der Waals surface area (Å²) in [5.41, 5.74) is 1.41. The summed E-state index contributed by atoms with van der Waals surface area (Å²) in [6.45, 7) is 2.00. The van der Waals surface area contributed by atoms with Gasteiger partial charge in [0.05, 0.1) is 16.4 Å². The Balaban J connectivity index is 1.36. The van der Waals surface area contributed by atoms with Gasteiger partial charge in [-0.1, -0.05) is 17.7 Å². The van der Waals surface area contributed by atoms with Gasteiger partial charge in [0.15, 0.2) is 5.82 Å². The number of halogens is 3. The van der Waals surface area contributed by atoms with Crippen LogP contribution < -0.4 is 10.2 Å². The molecule has 1 N–H and O–H groups in total. The average Bonchev–Trinajstić information content (AvgIpc) is 2.77. The van der Waals surface area contributed by atoms with Crippen LogP contribution in [-0.4, -0.2) is 47.3 Å². The van der Waals surface area contributed by atoms with Gasteiger partial charge < -0.3 is 15.1 Å². The highest BCUT2D eigenvalue weighted by molar-refractivity contribution is 6.33. The molecular weight excluding hydrogens is 412 g/mol. The molecule has 1 aliphatic rings. The Bertz CT molecular complexity index is 1020. The van der Waals surface area contributed by atoms with Crippen LogP contribution in [0.3, 0.4) is 0 Å². The quantitative estimate of drug-likeness (QED) is 0.669. The van der Waals surface area contributed by atoms with Crippen molar-refractivity contribution in [1.29, 1.82) is 0 Å². The highest BCUT2D eigenvalue weighted by Gasteiger charge is 2.23. The lowest BCUT2D eigenvalue weighted by molar-refractivity contribution is 0.208. The van der Waals surface area contributed by atoms with E-state index >= 15 is 0 Å². The van der Waals surface area contributed by atoms with E-state index in [1.165, 1.54) is 30.3 Å². The Morgan fingerprint density at radius 2 is 1.67 bits per heavy atom. The van der Waals surface area contributed by atoms with Crippen molar-refractivity contribution in [2.45, 2.75) is 0 Å². The molecule has 1 saturated heterocycles. The van der Waals surface area contributed by atoms with E-state index in [4.69, 9.17) is 11.6 Å². The third-order valence-corrected chi connectivity index (χ3v) is 5.19. The molecule has 1 aliphatic heterocycles. The van der Waals surface area contributed by atoms with E-state index in [1.54, 1.807) is 17.0 Å². The van der Waals surface area contributed by atoms with E-state index in [0.717, 1.165) is 5.56 Å². The fraction of sp³-hybridized carbons (Fsp3) is 0.190. The van der Waals surface area contributed by atoms with Crippen LogP contribution in [0.2, 0.25) is 5.02 Å². The van der Waals surface area contributed by atoms with Gasteiger partial charge >= 0.3 is 6.03 Å². The molecule has 0 radical (unpaired) electrons. The summed E-state index contributed by atoms with van der Waals surface area (Å²) >= 11 is 5.97. The number of nitrogens with one attached hydrogen (secondary N) is 1. The molecule has 0 unspecified atom stereocenters. The molecule has 2 heterocycles. The Kier molecular flexibility index (Phi) is 5.76. The maximum atomic E-state index is 13.9. The molecule has 3 aromatic rings. The molecule has 2 aromatic carbocycles. The van der Waals surface area contributed by atoms with Crippen molar-refractivity contribution in [2.75, 3.05) is 36.4 Å². The highest BCUT2D eigenvalue weighted by atomic mass is 35.5. The molecule has 30 heavy (non-hydrogen) atoms. The molecule has 1 fully saturated rings. The maximum Gasteiger partial charge on any atom is 0.322 e. The minimum absolute atomic E-state index is 0.0196. The number of carbonyl (C=O) groups excluding carboxylic acids is 1. The van der Waals surface area contributed by atoms with Crippen LogP contribution in [0.5, 0.6) is 0 Å². The number of piperazine rings is 1. The van der Waals surface area contributed by atoms with Crippen molar-refractivity contribution in [3.05, 3.63) is 71.3 Å². The molecule has 6 nitrogen and oxygen atoms in total. The van der Waals surface area contributed by atoms with Gasteiger partial charge in [-0.25, -0.2) is 13.6 Å². The molecule has 0 saturated carbocycles. The zero-order chi connectivity index (χ0) is 21.1. The van der Waals surface area contributed by atoms with E-state index in [-0.39, 0.29) is 16.5 Å². The lowest BCUT2D eigenvalue weighted by Crippen LogP contribution is -2.50. The van der Waals surface area contributed by atoms with Crippen molar-refractivity contribution in [3.63, 3.8) is 0 Å². The lowest BCUT2D eigenvalue weighted by Gasteiger charge is -2.35.